The van der Waals surface area contributed by atoms with Crippen LogP contribution in [0.2, 0.25) is 0 Å². The summed E-state index contributed by atoms with van der Waals surface area (Å²) in [5.41, 5.74) is 6.81. The molecular weight excluding hydrogens is 202 g/mol. The van der Waals surface area contributed by atoms with E-state index in [4.69, 9.17) is 21.6 Å². The van der Waals surface area contributed by atoms with Crippen LogP contribution in [0.3, 0.4) is 0 Å². The summed E-state index contributed by atoms with van der Waals surface area (Å²) >= 11 is 0. The van der Waals surface area contributed by atoms with Gasteiger partial charge in [-0.25, -0.2) is 0 Å². The molecule has 0 spiro atoms. The van der Waals surface area contributed by atoms with Crippen LogP contribution in [0.4, 0.5) is 0 Å². The van der Waals surface area contributed by atoms with Gasteiger partial charge in [-0.1, -0.05) is 6.07 Å². The second kappa shape index (κ2) is 6.04. The number of terminal acetylenes is 1. The second-order valence-corrected chi connectivity index (χ2v) is 3.50. The van der Waals surface area contributed by atoms with Gasteiger partial charge in [0.05, 0.1) is 13.7 Å². The fourth-order valence-corrected chi connectivity index (χ4v) is 1.36. The molecule has 1 aromatic carbocycles. The minimum Gasteiger partial charge on any atom is -0.497 e. The third-order valence-electron chi connectivity index (χ3n) is 2.22. The Bertz CT molecular complexity index is 380. The van der Waals surface area contributed by atoms with E-state index in [1.54, 1.807) is 7.11 Å². The van der Waals surface area contributed by atoms with Gasteiger partial charge in [-0.2, -0.15) is 0 Å². The van der Waals surface area contributed by atoms with Crippen molar-refractivity contribution in [3.63, 3.8) is 0 Å². The predicted octanol–water partition coefficient (Wildman–Crippen LogP) is 2.12. The molecule has 0 amide bonds. The van der Waals surface area contributed by atoms with Crippen molar-refractivity contribution >= 4 is 0 Å². The number of methoxy groups -OCH3 is 1. The molecule has 0 heterocycles. The lowest BCUT2D eigenvalue weighted by Gasteiger charge is -2.14. The molecule has 0 aliphatic heterocycles. The van der Waals surface area contributed by atoms with E-state index >= 15 is 0 Å². The van der Waals surface area contributed by atoms with Crippen molar-refractivity contribution in [2.24, 2.45) is 5.73 Å². The molecule has 0 aromatic heterocycles. The summed E-state index contributed by atoms with van der Waals surface area (Å²) < 4.78 is 10.7. The van der Waals surface area contributed by atoms with Gasteiger partial charge in [0.2, 0.25) is 0 Å². The monoisotopic (exact) mass is 219 g/mol. The summed E-state index contributed by atoms with van der Waals surface area (Å²) in [6.45, 7) is 2.40. The SMILES string of the molecule is C#CCCOc1cc(OC)ccc1[C@@H](C)N. The first-order valence-electron chi connectivity index (χ1n) is 5.18. The fourth-order valence-electron chi connectivity index (χ4n) is 1.36. The second-order valence-electron chi connectivity index (χ2n) is 3.50. The van der Waals surface area contributed by atoms with Gasteiger partial charge in [-0.05, 0) is 13.0 Å². The van der Waals surface area contributed by atoms with Crippen LogP contribution in [0.5, 0.6) is 11.5 Å². The van der Waals surface area contributed by atoms with Crippen molar-refractivity contribution in [1.29, 1.82) is 0 Å². The molecule has 0 unspecified atom stereocenters. The third-order valence-corrected chi connectivity index (χ3v) is 2.22. The van der Waals surface area contributed by atoms with Crippen LogP contribution in [-0.4, -0.2) is 13.7 Å². The van der Waals surface area contributed by atoms with Crippen LogP contribution < -0.4 is 15.2 Å². The van der Waals surface area contributed by atoms with Gasteiger partial charge in [-0.3, -0.25) is 0 Å². The van der Waals surface area contributed by atoms with Crippen LogP contribution >= 0.6 is 0 Å². The summed E-state index contributed by atoms with van der Waals surface area (Å²) in [5, 5.41) is 0. The molecule has 1 aromatic rings. The van der Waals surface area contributed by atoms with E-state index in [0.717, 1.165) is 17.1 Å². The molecule has 0 aliphatic rings. The van der Waals surface area contributed by atoms with Gasteiger partial charge in [0, 0.05) is 24.1 Å². The Morgan fingerprint density at radius 2 is 2.25 bits per heavy atom. The van der Waals surface area contributed by atoms with Crippen molar-refractivity contribution < 1.29 is 9.47 Å². The maximum Gasteiger partial charge on any atom is 0.127 e. The van der Waals surface area contributed by atoms with E-state index in [1.165, 1.54) is 0 Å². The van der Waals surface area contributed by atoms with Gasteiger partial charge >= 0.3 is 0 Å². The average molecular weight is 219 g/mol. The summed E-state index contributed by atoms with van der Waals surface area (Å²) in [6.07, 6.45) is 5.75. The minimum absolute atomic E-state index is 0.0771. The highest BCUT2D eigenvalue weighted by Gasteiger charge is 2.09. The predicted molar refractivity (Wildman–Crippen MR) is 64.5 cm³/mol. The highest BCUT2D eigenvalue weighted by molar-refractivity contribution is 5.42. The lowest BCUT2D eigenvalue weighted by Crippen LogP contribution is -2.08. The molecule has 0 bridgehead atoms. The normalized spacial score (nSPS) is 11.6. The third kappa shape index (κ3) is 3.18. The molecular formula is C13H17NO2. The molecule has 0 saturated carbocycles. The highest BCUT2D eigenvalue weighted by atomic mass is 16.5. The van der Waals surface area contributed by atoms with Gasteiger partial charge in [0.1, 0.15) is 11.5 Å². The van der Waals surface area contributed by atoms with Crippen LogP contribution in [0, 0.1) is 12.3 Å². The Morgan fingerprint density at radius 3 is 2.81 bits per heavy atom. The van der Waals surface area contributed by atoms with E-state index in [9.17, 15) is 0 Å². The van der Waals surface area contributed by atoms with Gasteiger partial charge in [-0.15, -0.1) is 12.3 Å². The van der Waals surface area contributed by atoms with Crippen LogP contribution in [0.1, 0.15) is 24.9 Å². The number of nitrogens with two attached hydrogens (primary N) is 1. The standard InChI is InChI=1S/C13H17NO2/c1-4-5-8-16-13-9-11(15-3)6-7-12(13)10(2)14/h1,6-7,9-10H,5,8,14H2,2-3H3/t10-/m1/s1. The summed E-state index contributed by atoms with van der Waals surface area (Å²) in [6, 6.07) is 5.53. The van der Waals surface area contributed by atoms with Crippen molar-refractivity contribution in [1.82, 2.24) is 0 Å². The molecule has 1 rings (SSSR count). The van der Waals surface area contributed by atoms with E-state index in [0.29, 0.717) is 13.0 Å². The molecule has 2 N–H and O–H groups in total. The molecule has 0 fully saturated rings. The summed E-state index contributed by atoms with van der Waals surface area (Å²) in [4.78, 5) is 0. The Hall–Kier alpha value is -1.66. The van der Waals surface area contributed by atoms with E-state index in [2.05, 4.69) is 5.92 Å². The number of benzene rings is 1. The zero-order chi connectivity index (χ0) is 12.0. The summed E-state index contributed by atoms with van der Waals surface area (Å²) in [5.74, 6) is 4.02. The lowest BCUT2D eigenvalue weighted by atomic mass is 10.1. The molecule has 0 saturated heterocycles. The average Bonchev–Trinajstić information content (AvgIpc) is 2.29. The largest absolute Gasteiger partial charge is 0.497 e. The fraction of sp³-hybridized carbons (Fsp3) is 0.385. The van der Waals surface area contributed by atoms with Crippen LogP contribution in [0.15, 0.2) is 18.2 Å². The first kappa shape index (κ1) is 12.4. The maximum absolute atomic E-state index is 5.85. The Balaban J connectivity index is 2.88. The van der Waals surface area contributed by atoms with E-state index < -0.39 is 0 Å². The zero-order valence-electron chi connectivity index (χ0n) is 9.69. The maximum atomic E-state index is 5.85. The van der Waals surface area contributed by atoms with Crippen molar-refractivity contribution in [2.45, 2.75) is 19.4 Å². The quantitative estimate of drug-likeness (QED) is 0.609. The van der Waals surface area contributed by atoms with Crippen LogP contribution in [-0.2, 0) is 0 Å². The smallest absolute Gasteiger partial charge is 0.127 e. The summed E-state index contributed by atoms with van der Waals surface area (Å²) in [7, 11) is 1.62. The van der Waals surface area contributed by atoms with Crippen molar-refractivity contribution in [3.05, 3.63) is 23.8 Å². The number of hydrogen-bond donors (Lipinski definition) is 1. The van der Waals surface area contributed by atoms with Gasteiger partial charge in [0.15, 0.2) is 0 Å². The topological polar surface area (TPSA) is 44.5 Å². The Labute approximate surface area is 96.6 Å². The minimum atomic E-state index is -0.0771. The number of hydrogen-bond acceptors (Lipinski definition) is 3. The molecule has 3 nitrogen and oxygen atoms in total. The van der Waals surface area contributed by atoms with Gasteiger partial charge < -0.3 is 15.2 Å². The molecule has 1 atom stereocenters. The van der Waals surface area contributed by atoms with E-state index in [-0.39, 0.29) is 6.04 Å². The van der Waals surface area contributed by atoms with Gasteiger partial charge in [0.25, 0.3) is 0 Å². The first-order valence-corrected chi connectivity index (χ1v) is 5.18. The Kier molecular flexibility index (Phi) is 4.68. The van der Waals surface area contributed by atoms with Crippen molar-refractivity contribution in [3.8, 4) is 23.8 Å². The number of rotatable bonds is 5. The van der Waals surface area contributed by atoms with Crippen LogP contribution in [0.25, 0.3) is 0 Å². The highest BCUT2D eigenvalue weighted by Crippen LogP contribution is 2.28. The molecule has 3 heteroatoms. The molecule has 16 heavy (non-hydrogen) atoms. The molecule has 0 radical (unpaired) electrons. The van der Waals surface area contributed by atoms with E-state index in [1.807, 2.05) is 25.1 Å². The number of ether oxygens (including phenoxy) is 2. The molecule has 0 aliphatic carbocycles. The van der Waals surface area contributed by atoms with Crippen molar-refractivity contribution in [2.75, 3.05) is 13.7 Å². The Morgan fingerprint density at radius 1 is 1.50 bits per heavy atom. The lowest BCUT2D eigenvalue weighted by molar-refractivity contribution is 0.319. The first-order chi connectivity index (χ1) is 7.69. The zero-order valence-corrected chi connectivity index (χ0v) is 9.69. The molecule has 86 valence electrons.